The van der Waals surface area contributed by atoms with Gasteiger partial charge in [0.25, 0.3) is 5.91 Å². The largest absolute Gasteiger partial charge is 0.497 e. The lowest BCUT2D eigenvalue weighted by molar-refractivity contribution is 0.0912. The van der Waals surface area contributed by atoms with Crippen molar-refractivity contribution in [3.05, 3.63) is 35.7 Å². The van der Waals surface area contributed by atoms with Crippen LogP contribution < -0.4 is 9.64 Å². The molecule has 1 amide bonds. The van der Waals surface area contributed by atoms with Crippen LogP contribution >= 0.6 is 11.3 Å². The number of hydrogen-bond donors (Lipinski definition) is 0. The van der Waals surface area contributed by atoms with Gasteiger partial charge in [-0.1, -0.05) is 11.3 Å². The summed E-state index contributed by atoms with van der Waals surface area (Å²) >= 11 is 1.48. The third-order valence-corrected chi connectivity index (χ3v) is 6.01. The highest BCUT2D eigenvalue weighted by atomic mass is 32.1. The molecule has 7 nitrogen and oxygen atoms in total. The van der Waals surface area contributed by atoms with Gasteiger partial charge in [-0.05, 0) is 51.0 Å². The fourth-order valence-corrected chi connectivity index (χ4v) is 4.45. The lowest BCUT2D eigenvalue weighted by Crippen LogP contribution is -2.37. The minimum Gasteiger partial charge on any atom is -0.497 e. The molecule has 0 spiro atoms. The second-order valence-electron chi connectivity index (χ2n) is 6.87. The quantitative estimate of drug-likeness (QED) is 0.632. The summed E-state index contributed by atoms with van der Waals surface area (Å²) in [5.41, 5.74) is 2.26. The van der Waals surface area contributed by atoms with E-state index in [1.807, 2.05) is 42.8 Å². The zero-order chi connectivity index (χ0) is 19.7. The summed E-state index contributed by atoms with van der Waals surface area (Å²) in [4.78, 5) is 19.8. The average molecular weight is 401 g/mol. The third-order valence-electron chi connectivity index (χ3n) is 4.97. The molecule has 1 fully saturated rings. The van der Waals surface area contributed by atoms with Gasteiger partial charge in [0, 0.05) is 18.8 Å². The summed E-state index contributed by atoms with van der Waals surface area (Å²) in [6, 6.07) is 7.58. The number of carbonyl (C=O) groups is 1. The molecule has 4 rings (SSSR count). The molecule has 1 saturated heterocycles. The summed E-state index contributed by atoms with van der Waals surface area (Å²) in [5.74, 6) is 0.633. The summed E-state index contributed by atoms with van der Waals surface area (Å²) in [5, 5.41) is 5.13. The second kappa shape index (κ2) is 7.89. The summed E-state index contributed by atoms with van der Waals surface area (Å²) in [6.07, 6.45) is 2.00. The van der Waals surface area contributed by atoms with Crippen molar-refractivity contribution >= 4 is 32.6 Å². The molecule has 3 aromatic rings. The molecule has 0 aliphatic carbocycles. The Kier molecular flexibility index (Phi) is 5.32. The highest BCUT2D eigenvalue weighted by Gasteiger charge is 2.28. The zero-order valence-electron chi connectivity index (χ0n) is 16.3. The van der Waals surface area contributed by atoms with Crippen molar-refractivity contribution in [3.63, 3.8) is 0 Å². The van der Waals surface area contributed by atoms with E-state index in [0.29, 0.717) is 17.4 Å². The standard InChI is InChI=1S/C20H24N4O3S/c1-4-24-13(2)10-17(22-24)19(25)23(12-15-6-5-9-27-15)20-21-16-8-7-14(26-3)11-18(16)28-20/h7-8,10-11,15H,4-6,9,12H2,1-3H3. The van der Waals surface area contributed by atoms with Crippen LogP contribution in [0.15, 0.2) is 24.3 Å². The van der Waals surface area contributed by atoms with E-state index in [2.05, 4.69) is 5.10 Å². The number of nitrogens with zero attached hydrogens (tertiary/aromatic N) is 4. The molecule has 0 radical (unpaired) electrons. The van der Waals surface area contributed by atoms with Crippen molar-refractivity contribution in [2.75, 3.05) is 25.2 Å². The first-order chi connectivity index (χ1) is 13.6. The van der Waals surface area contributed by atoms with Crippen molar-refractivity contribution in [1.29, 1.82) is 0 Å². The van der Waals surface area contributed by atoms with Gasteiger partial charge in [-0.3, -0.25) is 14.4 Å². The van der Waals surface area contributed by atoms with E-state index in [-0.39, 0.29) is 12.0 Å². The summed E-state index contributed by atoms with van der Waals surface area (Å²) < 4.78 is 13.9. The maximum Gasteiger partial charge on any atom is 0.280 e. The molecular weight excluding hydrogens is 376 g/mol. The Morgan fingerprint density at radius 3 is 2.96 bits per heavy atom. The van der Waals surface area contributed by atoms with Crippen LogP contribution in [-0.2, 0) is 11.3 Å². The van der Waals surface area contributed by atoms with Crippen LogP contribution in [0.2, 0.25) is 0 Å². The predicted molar refractivity (Wildman–Crippen MR) is 109 cm³/mol. The SMILES string of the molecule is CCn1nc(C(=O)N(CC2CCCO2)c2nc3ccc(OC)cc3s2)cc1C. The fourth-order valence-electron chi connectivity index (χ4n) is 3.45. The highest BCUT2D eigenvalue weighted by Crippen LogP contribution is 2.33. The molecule has 28 heavy (non-hydrogen) atoms. The van der Waals surface area contributed by atoms with Crippen molar-refractivity contribution in [3.8, 4) is 5.75 Å². The number of aromatic nitrogens is 3. The molecule has 3 heterocycles. The second-order valence-corrected chi connectivity index (χ2v) is 7.88. The number of anilines is 1. The van der Waals surface area contributed by atoms with Crippen LogP contribution in [0, 0.1) is 6.92 Å². The van der Waals surface area contributed by atoms with E-state index < -0.39 is 0 Å². The Bertz CT molecular complexity index is 991. The van der Waals surface area contributed by atoms with Gasteiger partial charge in [0.05, 0.1) is 30.0 Å². The average Bonchev–Trinajstić information content (AvgIpc) is 3.44. The molecule has 1 atom stereocenters. The van der Waals surface area contributed by atoms with E-state index in [4.69, 9.17) is 14.5 Å². The van der Waals surface area contributed by atoms with Gasteiger partial charge in [0.15, 0.2) is 10.8 Å². The van der Waals surface area contributed by atoms with Crippen LogP contribution in [0.4, 0.5) is 5.13 Å². The Labute approximate surface area is 167 Å². The molecule has 0 bridgehead atoms. The Morgan fingerprint density at radius 1 is 1.43 bits per heavy atom. The molecule has 0 N–H and O–H groups in total. The molecule has 2 aromatic heterocycles. The Hall–Kier alpha value is -2.45. The van der Waals surface area contributed by atoms with Gasteiger partial charge in [-0.15, -0.1) is 0 Å². The number of hydrogen-bond acceptors (Lipinski definition) is 6. The van der Waals surface area contributed by atoms with E-state index in [1.165, 1.54) is 11.3 Å². The number of ether oxygens (including phenoxy) is 2. The molecule has 1 aliphatic heterocycles. The van der Waals surface area contributed by atoms with Crippen molar-refractivity contribution in [2.24, 2.45) is 0 Å². The maximum absolute atomic E-state index is 13.4. The zero-order valence-corrected chi connectivity index (χ0v) is 17.2. The fraction of sp³-hybridized carbons (Fsp3) is 0.450. The van der Waals surface area contributed by atoms with Gasteiger partial charge in [-0.2, -0.15) is 5.10 Å². The van der Waals surface area contributed by atoms with Gasteiger partial charge < -0.3 is 9.47 Å². The summed E-state index contributed by atoms with van der Waals surface area (Å²) in [6.45, 7) is 5.92. The van der Waals surface area contributed by atoms with E-state index in [1.54, 1.807) is 12.0 Å². The molecule has 0 saturated carbocycles. The topological polar surface area (TPSA) is 69.5 Å². The predicted octanol–water partition coefficient (Wildman–Crippen LogP) is 3.66. The van der Waals surface area contributed by atoms with Crippen LogP contribution in [0.25, 0.3) is 10.2 Å². The van der Waals surface area contributed by atoms with Crippen molar-refractivity contribution < 1.29 is 14.3 Å². The number of carbonyl (C=O) groups excluding carboxylic acids is 1. The van der Waals surface area contributed by atoms with E-state index in [9.17, 15) is 4.79 Å². The number of thiazole rings is 1. The monoisotopic (exact) mass is 400 g/mol. The molecule has 8 heteroatoms. The number of fused-ring (bicyclic) bond motifs is 1. The minimum absolute atomic E-state index is 0.0276. The number of rotatable bonds is 6. The van der Waals surface area contributed by atoms with Crippen molar-refractivity contribution in [2.45, 2.75) is 39.3 Å². The van der Waals surface area contributed by atoms with Crippen LogP contribution in [0.3, 0.4) is 0 Å². The molecule has 1 unspecified atom stereocenters. The Balaban J connectivity index is 1.70. The molecule has 148 valence electrons. The minimum atomic E-state index is -0.142. The van der Waals surface area contributed by atoms with Gasteiger partial charge in [0.1, 0.15) is 5.75 Å². The molecule has 1 aromatic carbocycles. The van der Waals surface area contributed by atoms with E-state index in [0.717, 1.165) is 47.7 Å². The normalized spacial score (nSPS) is 16.6. The first-order valence-electron chi connectivity index (χ1n) is 9.51. The molecule has 1 aliphatic rings. The number of amides is 1. The number of methoxy groups -OCH3 is 1. The van der Waals surface area contributed by atoms with Crippen molar-refractivity contribution in [1.82, 2.24) is 14.8 Å². The first-order valence-corrected chi connectivity index (χ1v) is 10.3. The van der Waals surface area contributed by atoms with E-state index >= 15 is 0 Å². The lowest BCUT2D eigenvalue weighted by Gasteiger charge is -2.22. The van der Waals surface area contributed by atoms with Crippen LogP contribution in [0.1, 0.15) is 35.9 Å². The Morgan fingerprint density at radius 2 is 2.29 bits per heavy atom. The highest BCUT2D eigenvalue weighted by molar-refractivity contribution is 7.22. The lowest BCUT2D eigenvalue weighted by atomic mass is 10.2. The first kappa shape index (κ1) is 18.9. The third kappa shape index (κ3) is 3.62. The smallest absolute Gasteiger partial charge is 0.280 e. The van der Waals surface area contributed by atoms with Gasteiger partial charge in [-0.25, -0.2) is 4.98 Å². The molecular formula is C20H24N4O3S. The van der Waals surface area contributed by atoms with Gasteiger partial charge >= 0.3 is 0 Å². The van der Waals surface area contributed by atoms with Gasteiger partial charge in [0.2, 0.25) is 0 Å². The van der Waals surface area contributed by atoms with Crippen LogP contribution in [0.5, 0.6) is 5.75 Å². The number of aryl methyl sites for hydroxylation is 2. The number of benzene rings is 1. The van der Waals surface area contributed by atoms with Crippen LogP contribution in [-0.4, -0.2) is 47.0 Å². The summed E-state index contributed by atoms with van der Waals surface area (Å²) in [7, 11) is 1.64. The maximum atomic E-state index is 13.4.